The highest BCUT2D eigenvalue weighted by Gasteiger charge is 2.21. The van der Waals surface area contributed by atoms with E-state index in [-0.39, 0.29) is 0 Å². The summed E-state index contributed by atoms with van der Waals surface area (Å²) in [6.07, 6.45) is 1.10. The third-order valence-electron chi connectivity index (χ3n) is 3.07. The average molecular weight is 222 g/mol. The van der Waals surface area contributed by atoms with Crippen molar-refractivity contribution in [3.05, 3.63) is 29.3 Å². The highest BCUT2D eigenvalue weighted by Crippen LogP contribution is 2.32. The van der Waals surface area contributed by atoms with Gasteiger partial charge < -0.3 is 9.84 Å². The molecule has 0 saturated carbocycles. The van der Waals surface area contributed by atoms with E-state index >= 15 is 0 Å². The summed E-state index contributed by atoms with van der Waals surface area (Å²) in [4.78, 5) is 0. The predicted octanol–water partition coefficient (Wildman–Crippen LogP) is 3.44. The second-order valence-corrected chi connectivity index (χ2v) is 4.83. The molecule has 0 aliphatic rings. The van der Waals surface area contributed by atoms with Crippen LogP contribution in [0.4, 0.5) is 0 Å². The van der Waals surface area contributed by atoms with Gasteiger partial charge in [0.15, 0.2) is 0 Å². The average Bonchev–Trinajstić information content (AvgIpc) is 2.25. The Bertz CT molecular complexity index is 350. The van der Waals surface area contributed by atoms with Gasteiger partial charge in [0, 0.05) is 5.56 Å². The van der Waals surface area contributed by atoms with E-state index in [0.29, 0.717) is 5.92 Å². The largest absolute Gasteiger partial charge is 0.496 e. The summed E-state index contributed by atoms with van der Waals surface area (Å²) in [7, 11) is 1.64. The van der Waals surface area contributed by atoms with Crippen molar-refractivity contribution in [2.24, 2.45) is 0 Å². The summed E-state index contributed by atoms with van der Waals surface area (Å²) in [6, 6.07) is 6.06. The summed E-state index contributed by atoms with van der Waals surface area (Å²) in [5.74, 6) is 1.29. The number of hydrogen-bond donors (Lipinski definition) is 1. The molecule has 1 aromatic rings. The first kappa shape index (κ1) is 13.0. The lowest BCUT2D eigenvalue weighted by atomic mass is 9.92. The van der Waals surface area contributed by atoms with Crippen molar-refractivity contribution in [2.75, 3.05) is 7.11 Å². The van der Waals surface area contributed by atoms with Crippen LogP contribution in [0.1, 0.15) is 51.2 Å². The fourth-order valence-corrected chi connectivity index (χ4v) is 1.76. The van der Waals surface area contributed by atoms with Gasteiger partial charge in [0.1, 0.15) is 5.75 Å². The van der Waals surface area contributed by atoms with E-state index in [2.05, 4.69) is 19.9 Å². The van der Waals surface area contributed by atoms with Crippen LogP contribution in [0.25, 0.3) is 0 Å². The Morgan fingerprint density at radius 2 is 2.00 bits per heavy atom. The first-order chi connectivity index (χ1) is 7.40. The fourth-order valence-electron chi connectivity index (χ4n) is 1.76. The third kappa shape index (κ3) is 2.76. The maximum atomic E-state index is 10.0. The number of ether oxygens (including phenoxy) is 1. The second-order valence-electron chi connectivity index (χ2n) is 4.83. The summed E-state index contributed by atoms with van der Waals surface area (Å²) < 4.78 is 5.35. The highest BCUT2D eigenvalue weighted by atomic mass is 16.5. The first-order valence-electron chi connectivity index (χ1n) is 5.81. The zero-order valence-electron chi connectivity index (χ0n) is 10.9. The van der Waals surface area contributed by atoms with Crippen LogP contribution in [0.5, 0.6) is 5.75 Å². The molecule has 1 atom stereocenters. The summed E-state index contributed by atoms with van der Waals surface area (Å²) in [5.41, 5.74) is 1.23. The molecule has 0 amide bonds. The molecule has 0 spiro atoms. The Hall–Kier alpha value is -1.02. The van der Waals surface area contributed by atoms with Crippen molar-refractivity contribution in [1.29, 1.82) is 0 Å². The Kier molecular flexibility index (Phi) is 3.98. The summed E-state index contributed by atoms with van der Waals surface area (Å²) in [5, 5.41) is 10.0. The number of rotatable bonds is 4. The summed E-state index contributed by atoms with van der Waals surface area (Å²) >= 11 is 0. The van der Waals surface area contributed by atoms with Crippen LogP contribution in [0, 0.1) is 0 Å². The van der Waals surface area contributed by atoms with Gasteiger partial charge in [-0.2, -0.15) is 0 Å². The fraction of sp³-hybridized carbons (Fsp3) is 0.571. The highest BCUT2D eigenvalue weighted by molar-refractivity contribution is 5.41. The van der Waals surface area contributed by atoms with Crippen molar-refractivity contribution in [1.82, 2.24) is 0 Å². The van der Waals surface area contributed by atoms with Crippen molar-refractivity contribution in [2.45, 2.75) is 45.6 Å². The van der Waals surface area contributed by atoms with E-state index in [9.17, 15) is 5.11 Å². The lowest BCUT2D eigenvalue weighted by Crippen LogP contribution is -2.17. The van der Waals surface area contributed by atoms with Crippen LogP contribution in [0.3, 0.4) is 0 Å². The molecule has 2 heteroatoms. The van der Waals surface area contributed by atoms with E-state index in [0.717, 1.165) is 17.7 Å². The molecule has 0 aliphatic carbocycles. The van der Waals surface area contributed by atoms with Gasteiger partial charge in [-0.15, -0.1) is 0 Å². The lowest BCUT2D eigenvalue weighted by molar-refractivity contribution is 0.0756. The minimum atomic E-state index is -0.862. The Morgan fingerprint density at radius 1 is 1.38 bits per heavy atom. The topological polar surface area (TPSA) is 29.5 Å². The van der Waals surface area contributed by atoms with E-state index < -0.39 is 5.60 Å². The van der Waals surface area contributed by atoms with Gasteiger partial charge in [-0.1, -0.05) is 26.0 Å². The number of methoxy groups -OCH3 is 1. The third-order valence-corrected chi connectivity index (χ3v) is 3.07. The molecule has 0 aromatic heterocycles. The van der Waals surface area contributed by atoms with Crippen LogP contribution < -0.4 is 4.74 Å². The molecule has 90 valence electrons. The molecule has 1 N–H and O–H groups in total. The van der Waals surface area contributed by atoms with E-state index in [1.807, 2.05) is 12.1 Å². The van der Waals surface area contributed by atoms with Crippen LogP contribution in [-0.2, 0) is 5.60 Å². The number of aliphatic hydroxyl groups is 1. The smallest absolute Gasteiger partial charge is 0.125 e. The zero-order valence-corrected chi connectivity index (χ0v) is 10.9. The van der Waals surface area contributed by atoms with Crippen molar-refractivity contribution in [3.8, 4) is 5.75 Å². The molecule has 1 aromatic carbocycles. The first-order valence-corrected chi connectivity index (χ1v) is 5.81. The maximum absolute atomic E-state index is 10.0. The van der Waals surface area contributed by atoms with Crippen LogP contribution in [0.15, 0.2) is 18.2 Å². The van der Waals surface area contributed by atoms with Gasteiger partial charge in [0.25, 0.3) is 0 Å². The monoisotopic (exact) mass is 222 g/mol. The standard InChI is InChI=1S/C14H22O2/c1-6-10(2)11-7-8-12(14(3,4)15)13(9-11)16-5/h7-10,15H,6H2,1-5H3. The Balaban J connectivity index is 3.17. The molecular weight excluding hydrogens is 200 g/mol. The molecule has 0 saturated heterocycles. The van der Waals surface area contributed by atoms with Gasteiger partial charge >= 0.3 is 0 Å². The van der Waals surface area contributed by atoms with Gasteiger partial charge in [-0.05, 0) is 37.8 Å². The Morgan fingerprint density at radius 3 is 2.44 bits per heavy atom. The van der Waals surface area contributed by atoms with E-state index in [4.69, 9.17) is 4.74 Å². The molecule has 0 radical (unpaired) electrons. The minimum absolute atomic E-state index is 0.518. The second kappa shape index (κ2) is 4.88. The van der Waals surface area contributed by atoms with Gasteiger partial charge in [0.2, 0.25) is 0 Å². The number of benzene rings is 1. The van der Waals surface area contributed by atoms with Crippen LogP contribution in [0.2, 0.25) is 0 Å². The van der Waals surface area contributed by atoms with Gasteiger partial charge in [0.05, 0.1) is 12.7 Å². The molecule has 16 heavy (non-hydrogen) atoms. The van der Waals surface area contributed by atoms with Gasteiger partial charge in [-0.25, -0.2) is 0 Å². The number of hydrogen-bond acceptors (Lipinski definition) is 2. The van der Waals surface area contributed by atoms with Crippen molar-refractivity contribution in [3.63, 3.8) is 0 Å². The molecule has 1 rings (SSSR count). The SMILES string of the molecule is CCC(C)c1ccc(C(C)(C)O)c(OC)c1. The minimum Gasteiger partial charge on any atom is -0.496 e. The molecule has 1 unspecified atom stereocenters. The van der Waals surface area contributed by atoms with E-state index in [1.54, 1.807) is 21.0 Å². The molecule has 0 aliphatic heterocycles. The van der Waals surface area contributed by atoms with Crippen LogP contribution in [-0.4, -0.2) is 12.2 Å². The van der Waals surface area contributed by atoms with Gasteiger partial charge in [-0.3, -0.25) is 0 Å². The molecular formula is C14H22O2. The molecule has 2 nitrogen and oxygen atoms in total. The lowest BCUT2D eigenvalue weighted by Gasteiger charge is -2.22. The predicted molar refractivity (Wildman–Crippen MR) is 66.9 cm³/mol. The maximum Gasteiger partial charge on any atom is 0.125 e. The van der Waals surface area contributed by atoms with E-state index in [1.165, 1.54) is 5.56 Å². The van der Waals surface area contributed by atoms with Crippen molar-refractivity contribution >= 4 is 0 Å². The van der Waals surface area contributed by atoms with Crippen LogP contribution >= 0.6 is 0 Å². The molecule has 0 fully saturated rings. The van der Waals surface area contributed by atoms with Crippen molar-refractivity contribution < 1.29 is 9.84 Å². The Labute approximate surface area is 98.3 Å². The molecule has 0 heterocycles. The molecule has 0 bridgehead atoms. The zero-order chi connectivity index (χ0) is 12.3. The normalized spacial score (nSPS) is 13.6. The summed E-state index contributed by atoms with van der Waals surface area (Å²) in [6.45, 7) is 7.90. The quantitative estimate of drug-likeness (QED) is 0.845.